The SMILES string of the molecule is CCOc1ccc(Oc2c(F)cccc2[C@@H](C)O)cc1. The third-order valence-electron chi connectivity index (χ3n) is 2.80. The fraction of sp³-hybridized carbons (Fsp3) is 0.250. The summed E-state index contributed by atoms with van der Waals surface area (Å²) < 4.78 is 24.7. The average molecular weight is 276 g/mol. The molecule has 2 aromatic carbocycles. The third kappa shape index (κ3) is 3.27. The molecule has 0 saturated carbocycles. The van der Waals surface area contributed by atoms with Crippen molar-refractivity contribution in [3.63, 3.8) is 0 Å². The molecule has 4 heteroatoms. The molecule has 0 unspecified atom stereocenters. The minimum Gasteiger partial charge on any atom is -0.494 e. The molecule has 0 saturated heterocycles. The summed E-state index contributed by atoms with van der Waals surface area (Å²) in [6.07, 6.45) is -0.802. The van der Waals surface area contributed by atoms with E-state index in [9.17, 15) is 9.50 Å². The van der Waals surface area contributed by atoms with Gasteiger partial charge in [0.2, 0.25) is 0 Å². The van der Waals surface area contributed by atoms with Crippen LogP contribution in [0.1, 0.15) is 25.5 Å². The molecule has 2 rings (SSSR count). The van der Waals surface area contributed by atoms with E-state index in [2.05, 4.69) is 0 Å². The van der Waals surface area contributed by atoms with Crippen molar-refractivity contribution in [3.8, 4) is 17.2 Å². The summed E-state index contributed by atoms with van der Waals surface area (Å²) in [7, 11) is 0. The third-order valence-corrected chi connectivity index (χ3v) is 2.80. The second-order valence-electron chi connectivity index (χ2n) is 4.34. The largest absolute Gasteiger partial charge is 0.494 e. The van der Waals surface area contributed by atoms with Crippen molar-refractivity contribution in [2.45, 2.75) is 20.0 Å². The molecule has 1 atom stereocenters. The molecule has 3 nitrogen and oxygen atoms in total. The van der Waals surface area contributed by atoms with Crippen LogP contribution >= 0.6 is 0 Å². The van der Waals surface area contributed by atoms with Crippen molar-refractivity contribution in [1.82, 2.24) is 0 Å². The Morgan fingerprint density at radius 3 is 2.35 bits per heavy atom. The molecule has 0 aliphatic carbocycles. The Balaban J connectivity index is 2.25. The van der Waals surface area contributed by atoms with E-state index in [-0.39, 0.29) is 5.75 Å². The Hall–Kier alpha value is -2.07. The lowest BCUT2D eigenvalue weighted by atomic mass is 10.1. The van der Waals surface area contributed by atoms with E-state index >= 15 is 0 Å². The maximum atomic E-state index is 13.8. The van der Waals surface area contributed by atoms with Crippen molar-refractivity contribution in [2.24, 2.45) is 0 Å². The molecule has 2 aromatic rings. The van der Waals surface area contributed by atoms with Gasteiger partial charge in [-0.15, -0.1) is 0 Å². The highest BCUT2D eigenvalue weighted by atomic mass is 19.1. The fourth-order valence-electron chi connectivity index (χ4n) is 1.85. The summed E-state index contributed by atoms with van der Waals surface area (Å²) in [5, 5.41) is 9.65. The molecule has 0 aliphatic heterocycles. The van der Waals surface area contributed by atoms with Gasteiger partial charge in [-0.1, -0.05) is 12.1 Å². The van der Waals surface area contributed by atoms with E-state index < -0.39 is 11.9 Å². The summed E-state index contributed by atoms with van der Waals surface area (Å²) >= 11 is 0. The van der Waals surface area contributed by atoms with Gasteiger partial charge in [0.15, 0.2) is 11.6 Å². The highest BCUT2D eigenvalue weighted by Crippen LogP contribution is 2.32. The number of hydrogen-bond acceptors (Lipinski definition) is 3. The van der Waals surface area contributed by atoms with Crippen LogP contribution in [0.25, 0.3) is 0 Å². The lowest BCUT2D eigenvalue weighted by Crippen LogP contribution is -1.98. The number of aliphatic hydroxyl groups is 1. The molecule has 1 N–H and O–H groups in total. The van der Waals surface area contributed by atoms with Gasteiger partial charge in [0.25, 0.3) is 0 Å². The predicted octanol–water partition coefficient (Wildman–Crippen LogP) is 4.07. The first-order chi connectivity index (χ1) is 9.61. The number of para-hydroxylation sites is 1. The van der Waals surface area contributed by atoms with Gasteiger partial charge >= 0.3 is 0 Å². The standard InChI is InChI=1S/C16H17FO3/c1-3-19-12-7-9-13(10-8-12)20-16-14(11(2)18)5-4-6-15(16)17/h4-11,18H,3H2,1-2H3/t11-/m1/s1. The zero-order chi connectivity index (χ0) is 14.5. The second kappa shape index (κ2) is 6.39. The van der Waals surface area contributed by atoms with E-state index in [4.69, 9.17) is 9.47 Å². The van der Waals surface area contributed by atoms with Crippen molar-refractivity contribution in [1.29, 1.82) is 0 Å². The zero-order valence-corrected chi connectivity index (χ0v) is 11.5. The predicted molar refractivity (Wildman–Crippen MR) is 74.7 cm³/mol. The molecule has 0 aromatic heterocycles. The molecule has 0 fully saturated rings. The van der Waals surface area contributed by atoms with Crippen LogP contribution in [0.2, 0.25) is 0 Å². The van der Waals surface area contributed by atoms with Gasteiger partial charge in [0, 0.05) is 5.56 Å². The van der Waals surface area contributed by atoms with Crippen molar-refractivity contribution in [3.05, 3.63) is 53.8 Å². The Kier molecular flexibility index (Phi) is 4.58. The van der Waals surface area contributed by atoms with Crippen LogP contribution in [-0.2, 0) is 0 Å². The summed E-state index contributed by atoms with van der Waals surface area (Å²) in [6.45, 7) is 4.05. The van der Waals surface area contributed by atoms with Crippen LogP contribution in [0.4, 0.5) is 4.39 Å². The Morgan fingerprint density at radius 2 is 1.75 bits per heavy atom. The summed E-state index contributed by atoms with van der Waals surface area (Å²) in [5.41, 5.74) is 0.416. The van der Waals surface area contributed by atoms with Gasteiger partial charge in [-0.2, -0.15) is 0 Å². The first-order valence-electron chi connectivity index (χ1n) is 6.49. The average Bonchev–Trinajstić information content (AvgIpc) is 2.43. The van der Waals surface area contributed by atoms with Gasteiger partial charge in [0.05, 0.1) is 12.7 Å². The molecule has 0 aliphatic rings. The molecule has 0 amide bonds. The van der Waals surface area contributed by atoms with Gasteiger partial charge in [-0.05, 0) is 44.2 Å². The van der Waals surface area contributed by atoms with E-state index in [0.29, 0.717) is 17.9 Å². The van der Waals surface area contributed by atoms with Crippen molar-refractivity contribution in [2.75, 3.05) is 6.61 Å². The maximum absolute atomic E-state index is 13.8. The van der Waals surface area contributed by atoms with Crippen LogP contribution in [0.3, 0.4) is 0 Å². The number of aliphatic hydroxyl groups excluding tert-OH is 1. The molecule has 0 bridgehead atoms. The minimum absolute atomic E-state index is 0.0478. The number of halogens is 1. The molecule has 0 heterocycles. The van der Waals surface area contributed by atoms with Crippen LogP contribution in [-0.4, -0.2) is 11.7 Å². The first kappa shape index (κ1) is 14.3. The number of benzene rings is 2. The highest BCUT2D eigenvalue weighted by Gasteiger charge is 2.14. The summed E-state index contributed by atoms with van der Waals surface area (Å²) in [4.78, 5) is 0. The molecule has 106 valence electrons. The summed E-state index contributed by atoms with van der Waals surface area (Å²) in [5.74, 6) is 0.758. The van der Waals surface area contributed by atoms with E-state index in [0.717, 1.165) is 5.75 Å². The van der Waals surface area contributed by atoms with E-state index in [1.54, 1.807) is 43.3 Å². The second-order valence-corrected chi connectivity index (χ2v) is 4.34. The van der Waals surface area contributed by atoms with Crippen LogP contribution in [0, 0.1) is 5.82 Å². The lowest BCUT2D eigenvalue weighted by molar-refractivity contribution is 0.194. The maximum Gasteiger partial charge on any atom is 0.168 e. The molecule has 0 radical (unpaired) electrons. The first-order valence-corrected chi connectivity index (χ1v) is 6.49. The van der Waals surface area contributed by atoms with Crippen LogP contribution < -0.4 is 9.47 Å². The lowest BCUT2D eigenvalue weighted by Gasteiger charge is -2.14. The Labute approximate surface area is 117 Å². The van der Waals surface area contributed by atoms with Gasteiger partial charge in [0.1, 0.15) is 11.5 Å². The van der Waals surface area contributed by atoms with E-state index in [1.807, 2.05) is 6.92 Å². The molecular weight excluding hydrogens is 259 g/mol. The zero-order valence-electron chi connectivity index (χ0n) is 11.5. The topological polar surface area (TPSA) is 38.7 Å². The fourth-order valence-corrected chi connectivity index (χ4v) is 1.85. The quantitative estimate of drug-likeness (QED) is 0.894. The minimum atomic E-state index is -0.802. The van der Waals surface area contributed by atoms with E-state index in [1.165, 1.54) is 6.07 Å². The number of hydrogen-bond donors (Lipinski definition) is 1. The van der Waals surface area contributed by atoms with Gasteiger partial charge in [-0.3, -0.25) is 0 Å². The number of rotatable bonds is 5. The normalized spacial score (nSPS) is 12.0. The van der Waals surface area contributed by atoms with Crippen LogP contribution in [0.5, 0.6) is 17.2 Å². The Bertz CT molecular complexity index is 564. The van der Waals surface area contributed by atoms with Gasteiger partial charge in [-0.25, -0.2) is 4.39 Å². The molecule has 20 heavy (non-hydrogen) atoms. The summed E-state index contributed by atoms with van der Waals surface area (Å²) in [6, 6.07) is 11.4. The monoisotopic (exact) mass is 276 g/mol. The highest BCUT2D eigenvalue weighted by molar-refractivity contribution is 5.41. The van der Waals surface area contributed by atoms with Crippen molar-refractivity contribution >= 4 is 0 Å². The number of ether oxygens (including phenoxy) is 2. The molecule has 0 spiro atoms. The molecular formula is C16H17FO3. The smallest absolute Gasteiger partial charge is 0.168 e. The van der Waals surface area contributed by atoms with Crippen LogP contribution in [0.15, 0.2) is 42.5 Å². The van der Waals surface area contributed by atoms with Gasteiger partial charge < -0.3 is 14.6 Å². The van der Waals surface area contributed by atoms with Crippen molar-refractivity contribution < 1.29 is 19.0 Å². The Morgan fingerprint density at radius 1 is 1.10 bits per heavy atom.